The van der Waals surface area contributed by atoms with E-state index in [1.807, 2.05) is 54.7 Å². The van der Waals surface area contributed by atoms with E-state index in [9.17, 15) is 14.4 Å². The monoisotopic (exact) mass is 560 g/mol. The van der Waals surface area contributed by atoms with Gasteiger partial charge in [0.15, 0.2) is 0 Å². The number of carbonyl (C=O) groups excluding carboxylic acids is 3. The second-order valence-corrected chi connectivity index (χ2v) is 9.46. The number of benzene rings is 2. The van der Waals surface area contributed by atoms with E-state index in [-0.39, 0.29) is 42.0 Å². The summed E-state index contributed by atoms with van der Waals surface area (Å²) in [5, 5.41) is 16.4. The fourth-order valence-corrected chi connectivity index (χ4v) is 4.12. The van der Waals surface area contributed by atoms with Gasteiger partial charge in [0.1, 0.15) is 11.4 Å². The van der Waals surface area contributed by atoms with Crippen molar-refractivity contribution in [3.05, 3.63) is 113 Å². The van der Waals surface area contributed by atoms with Crippen LogP contribution in [0.1, 0.15) is 48.9 Å². The number of pyridine rings is 1. The lowest BCUT2D eigenvalue weighted by atomic mass is 10.1. The SMILES string of the molecule is N=C(N)CCNC(=O)c1cc(NC(=O)c2cc(NC(=O)c3ccc(C=Cc4cnc5ccccc5c4)cc3)c[nH]2)c[nH]1. The van der Waals surface area contributed by atoms with E-state index in [0.717, 1.165) is 22.0 Å². The van der Waals surface area contributed by atoms with Gasteiger partial charge in [-0.15, -0.1) is 0 Å². The summed E-state index contributed by atoms with van der Waals surface area (Å²) in [4.78, 5) is 47.7. The number of carbonyl (C=O) groups is 3. The molecule has 11 heteroatoms. The summed E-state index contributed by atoms with van der Waals surface area (Å²) in [6, 6.07) is 20.2. The number of H-pyrrole nitrogens is 2. The second kappa shape index (κ2) is 12.5. The number of aromatic nitrogens is 3. The zero-order chi connectivity index (χ0) is 29.5. The van der Waals surface area contributed by atoms with Crippen molar-refractivity contribution in [3.63, 3.8) is 0 Å². The summed E-state index contributed by atoms with van der Waals surface area (Å²) in [6.45, 7) is 0.233. The van der Waals surface area contributed by atoms with Gasteiger partial charge < -0.3 is 31.7 Å². The van der Waals surface area contributed by atoms with E-state index in [4.69, 9.17) is 11.1 Å². The number of amidine groups is 1. The standard InChI is InChI=1S/C31H28N8O3/c32-28(33)11-12-34-30(41)26-14-24(18-36-26)39-31(42)27-15-23(17-37-27)38-29(40)21-9-7-19(8-10-21)5-6-20-13-22-3-1-2-4-25(22)35-16-20/h1-10,13-18,36-37H,11-12H2,(H3,32,33)(H,34,41)(H,38,40)(H,39,42). The summed E-state index contributed by atoms with van der Waals surface area (Å²) in [6.07, 6.45) is 9.00. The largest absolute Gasteiger partial charge is 0.388 e. The molecular weight excluding hydrogens is 532 g/mol. The van der Waals surface area contributed by atoms with E-state index in [1.165, 1.54) is 24.5 Å². The van der Waals surface area contributed by atoms with Gasteiger partial charge in [-0.1, -0.05) is 42.5 Å². The number of anilines is 2. The molecule has 0 bridgehead atoms. The van der Waals surface area contributed by atoms with E-state index in [1.54, 1.807) is 12.1 Å². The van der Waals surface area contributed by atoms with Gasteiger partial charge >= 0.3 is 0 Å². The summed E-state index contributed by atoms with van der Waals surface area (Å²) >= 11 is 0. The highest BCUT2D eigenvalue weighted by Crippen LogP contribution is 2.17. The Bertz CT molecular complexity index is 1800. The van der Waals surface area contributed by atoms with Crippen LogP contribution in [0.2, 0.25) is 0 Å². The number of para-hydroxylation sites is 1. The van der Waals surface area contributed by atoms with Gasteiger partial charge in [0.25, 0.3) is 17.7 Å². The third kappa shape index (κ3) is 6.96. The Kier molecular flexibility index (Phi) is 8.19. The molecule has 42 heavy (non-hydrogen) atoms. The minimum atomic E-state index is -0.448. The first-order valence-electron chi connectivity index (χ1n) is 13.1. The molecule has 0 aliphatic heterocycles. The third-order valence-corrected chi connectivity index (χ3v) is 6.30. The van der Waals surface area contributed by atoms with Gasteiger partial charge in [-0.25, -0.2) is 0 Å². The number of nitrogens with two attached hydrogens (primary N) is 1. The van der Waals surface area contributed by atoms with E-state index >= 15 is 0 Å². The number of rotatable bonds is 10. The average molecular weight is 561 g/mol. The highest BCUT2D eigenvalue weighted by molar-refractivity contribution is 6.07. The fraction of sp³-hybridized carbons (Fsp3) is 0.0645. The summed E-state index contributed by atoms with van der Waals surface area (Å²) < 4.78 is 0. The maximum Gasteiger partial charge on any atom is 0.272 e. The molecule has 0 aliphatic rings. The number of nitrogens with one attached hydrogen (secondary N) is 6. The first kappa shape index (κ1) is 27.6. The second-order valence-electron chi connectivity index (χ2n) is 9.46. The maximum absolute atomic E-state index is 12.8. The molecule has 2 aromatic carbocycles. The molecule has 0 atom stereocenters. The number of nitrogens with zero attached hydrogens (tertiary/aromatic N) is 1. The van der Waals surface area contributed by atoms with Crippen LogP contribution in [0.4, 0.5) is 11.4 Å². The van der Waals surface area contributed by atoms with E-state index < -0.39 is 5.91 Å². The Morgan fingerprint density at radius 3 is 2.17 bits per heavy atom. The van der Waals surface area contributed by atoms with Gasteiger partial charge in [0.2, 0.25) is 0 Å². The van der Waals surface area contributed by atoms with Crippen molar-refractivity contribution in [2.45, 2.75) is 6.42 Å². The minimum absolute atomic E-state index is 0.0201. The first-order valence-corrected chi connectivity index (χ1v) is 13.1. The van der Waals surface area contributed by atoms with Crippen molar-refractivity contribution in [3.8, 4) is 0 Å². The molecule has 8 N–H and O–H groups in total. The molecule has 210 valence electrons. The number of amides is 3. The predicted molar refractivity (Wildman–Crippen MR) is 163 cm³/mol. The van der Waals surface area contributed by atoms with Gasteiger partial charge in [-0.05, 0) is 47.5 Å². The van der Waals surface area contributed by atoms with Crippen molar-refractivity contribution in [2.75, 3.05) is 17.2 Å². The van der Waals surface area contributed by atoms with Crippen molar-refractivity contribution >= 4 is 58.0 Å². The zero-order valence-electron chi connectivity index (χ0n) is 22.4. The Morgan fingerprint density at radius 2 is 1.45 bits per heavy atom. The Hall–Kier alpha value is -5.97. The quantitative estimate of drug-likeness (QED) is 0.0970. The van der Waals surface area contributed by atoms with Crippen LogP contribution in [0.15, 0.2) is 85.3 Å². The van der Waals surface area contributed by atoms with Gasteiger partial charge in [-0.3, -0.25) is 24.8 Å². The molecule has 0 unspecified atom stereocenters. The molecule has 3 aromatic heterocycles. The Labute approximate surface area is 240 Å². The number of aromatic amines is 2. The molecule has 0 aliphatic carbocycles. The molecule has 0 spiro atoms. The van der Waals surface area contributed by atoms with E-state index in [0.29, 0.717) is 16.9 Å². The Morgan fingerprint density at radius 1 is 0.810 bits per heavy atom. The van der Waals surface area contributed by atoms with Crippen LogP contribution in [0, 0.1) is 5.41 Å². The zero-order valence-corrected chi connectivity index (χ0v) is 22.4. The molecule has 3 heterocycles. The molecule has 5 rings (SSSR count). The molecule has 0 saturated carbocycles. The van der Waals surface area contributed by atoms with Gasteiger partial charge in [0.05, 0.1) is 22.7 Å². The van der Waals surface area contributed by atoms with Crippen LogP contribution in [-0.4, -0.2) is 45.1 Å². The third-order valence-electron chi connectivity index (χ3n) is 6.30. The summed E-state index contributed by atoms with van der Waals surface area (Å²) in [7, 11) is 0. The van der Waals surface area contributed by atoms with Crippen LogP contribution >= 0.6 is 0 Å². The lowest BCUT2D eigenvalue weighted by molar-refractivity contribution is 0.0948. The van der Waals surface area contributed by atoms with Crippen molar-refractivity contribution in [2.24, 2.45) is 5.73 Å². The lowest BCUT2D eigenvalue weighted by Crippen LogP contribution is -2.27. The van der Waals surface area contributed by atoms with Crippen LogP contribution in [0.3, 0.4) is 0 Å². The highest BCUT2D eigenvalue weighted by atomic mass is 16.2. The van der Waals surface area contributed by atoms with E-state index in [2.05, 4.69) is 37.0 Å². The predicted octanol–water partition coefficient (Wildman–Crippen LogP) is 4.62. The highest BCUT2D eigenvalue weighted by Gasteiger charge is 2.14. The molecule has 0 fully saturated rings. The molecule has 0 radical (unpaired) electrons. The van der Waals surface area contributed by atoms with Crippen LogP contribution < -0.4 is 21.7 Å². The smallest absolute Gasteiger partial charge is 0.272 e. The van der Waals surface area contributed by atoms with Gasteiger partial charge in [-0.2, -0.15) is 0 Å². The maximum atomic E-state index is 12.8. The van der Waals surface area contributed by atoms with Crippen molar-refractivity contribution in [1.29, 1.82) is 5.41 Å². The number of fused-ring (bicyclic) bond motifs is 1. The normalized spacial score (nSPS) is 11.0. The molecule has 3 amide bonds. The Balaban J connectivity index is 1.14. The number of hydrogen-bond acceptors (Lipinski definition) is 5. The van der Waals surface area contributed by atoms with Crippen molar-refractivity contribution < 1.29 is 14.4 Å². The van der Waals surface area contributed by atoms with Crippen LogP contribution in [-0.2, 0) is 0 Å². The summed E-state index contributed by atoms with van der Waals surface area (Å²) in [5.41, 5.74) is 9.90. The molecular formula is C31H28N8O3. The molecule has 11 nitrogen and oxygen atoms in total. The first-order chi connectivity index (χ1) is 20.3. The minimum Gasteiger partial charge on any atom is -0.388 e. The molecule has 5 aromatic rings. The van der Waals surface area contributed by atoms with Crippen LogP contribution in [0.25, 0.3) is 23.1 Å². The lowest BCUT2D eigenvalue weighted by Gasteiger charge is -2.03. The fourth-order valence-electron chi connectivity index (χ4n) is 4.12. The summed E-state index contributed by atoms with van der Waals surface area (Å²) in [5.74, 6) is -1.17. The van der Waals surface area contributed by atoms with Gasteiger partial charge in [0, 0.05) is 42.5 Å². The van der Waals surface area contributed by atoms with Crippen LogP contribution in [0.5, 0.6) is 0 Å². The average Bonchev–Trinajstić information content (AvgIpc) is 3.66. The topological polar surface area (TPSA) is 182 Å². The number of hydrogen-bond donors (Lipinski definition) is 7. The molecule has 0 saturated heterocycles. The van der Waals surface area contributed by atoms with Crippen molar-refractivity contribution in [1.82, 2.24) is 20.3 Å².